The van der Waals surface area contributed by atoms with Crippen molar-refractivity contribution in [3.8, 4) is 11.5 Å². The minimum Gasteiger partial charge on any atom is -0.508 e. The molecule has 0 bridgehead atoms. The molecule has 1 aromatic rings. The van der Waals surface area contributed by atoms with Crippen LogP contribution in [-0.4, -0.2) is 28.5 Å². The summed E-state index contributed by atoms with van der Waals surface area (Å²) in [7, 11) is 0. The number of hydrogen-bond acceptors (Lipinski definition) is 5. The molecule has 0 heterocycles. The standard InChI is InChI=1S/C10H12O4S/c1-2-14-10(13)6-15-9-5-7(11)3-4-8(9)12/h3-5,11-12H,2,6H2,1H3. The van der Waals surface area contributed by atoms with Crippen molar-refractivity contribution in [3.05, 3.63) is 18.2 Å². The summed E-state index contributed by atoms with van der Waals surface area (Å²) in [5.41, 5.74) is 0. The second-order valence-corrected chi connectivity index (χ2v) is 3.76. The number of hydrogen-bond donors (Lipinski definition) is 2. The zero-order valence-electron chi connectivity index (χ0n) is 8.27. The first-order chi connectivity index (χ1) is 7.13. The van der Waals surface area contributed by atoms with Crippen LogP contribution in [0.4, 0.5) is 0 Å². The van der Waals surface area contributed by atoms with Gasteiger partial charge in [0.15, 0.2) is 0 Å². The Hall–Kier alpha value is -1.36. The van der Waals surface area contributed by atoms with Crippen molar-refractivity contribution in [3.63, 3.8) is 0 Å². The summed E-state index contributed by atoms with van der Waals surface area (Å²) >= 11 is 1.12. The molecule has 0 amide bonds. The van der Waals surface area contributed by atoms with Gasteiger partial charge in [-0.2, -0.15) is 0 Å². The molecule has 0 radical (unpaired) electrons. The van der Waals surface area contributed by atoms with Crippen LogP contribution in [0.5, 0.6) is 11.5 Å². The fourth-order valence-corrected chi connectivity index (χ4v) is 1.73. The van der Waals surface area contributed by atoms with Crippen molar-refractivity contribution in [2.75, 3.05) is 12.4 Å². The number of ether oxygens (including phenoxy) is 1. The van der Waals surface area contributed by atoms with E-state index in [9.17, 15) is 9.90 Å². The topological polar surface area (TPSA) is 66.8 Å². The maximum Gasteiger partial charge on any atom is 0.316 e. The zero-order chi connectivity index (χ0) is 11.3. The first kappa shape index (κ1) is 11.7. The fraction of sp³-hybridized carbons (Fsp3) is 0.300. The van der Waals surface area contributed by atoms with Crippen LogP contribution in [0, 0.1) is 0 Å². The van der Waals surface area contributed by atoms with E-state index in [0.29, 0.717) is 11.5 Å². The molecule has 1 rings (SSSR count). The van der Waals surface area contributed by atoms with Crippen LogP contribution in [0.2, 0.25) is 0 Å². The number of aromatic hydroxyl groups is 2. The maximum atomic E-state index is 11.0. The van der Waals surface area contributed by atoms with Crippen LogP contribution in [0.1, 0.15) is 6.92 Å². The van der Waals surface area contributed by atoms with Crippen molar-refractivity contribution in [2.45, 2.75) is 11.8 Å². The summed E-state index contributed by atoms with van der Waals surface area (Å²) < 4.78 is 4.73. The molecular weight excluding hydrogens is 216 g/mol. The predicted molar refractivity (Wildman–Crippen MR) is 57.1 cm³/mol. The molecular formula is C10H12O4S. The molecule has 0 aliphatic carbocycles. The Bertz CT molecular complexity index is 351. The molecule has 15 heavy (non-hydrogen) atoms. The number of esters is 1. The van der Waals surface area contributed by atoms with Gasteiger partial charge in [0.25, 0.3) is 0 Å². The van der Waals surface area contributed by atoms with E-state index >= 15 is 0 Å². The molecule has 0 aromatic heterocycles. The van der Waals surface area contributed by atoms with Crippen molar-refractivity contribution >= 4 is 17.7 Å². The summed E-state index contributed by atoms with van der Waals surface area (Å²) in [6.45, 7) is 2.07. The monoisotopic (exact) mass is 228 g/mol. The highest BCUT2D eigenvalue weighted by Crippen LogP contribution is 2.31. The molecule has 0 unspecified atom stereocenters. The maximum absolute atomic E-state index is 11.0. The zero-order valence-corrected chi connectivity index (χ0v) is 9.08. The lowest BCUT2D eigenvalue weighted by molar-refractivity contribution is -0.139. The Morgan fingerprint density at radius 3 is 2.87 bits per heavy atom. The number of carbonyl (C=O) groups is 1. The SMILES string of the molecule is CCOC(=O)CSc1cc(O)ccc1O. The van der Waals surface area contributed by atoms with E-state index in [1.54, 1.807) is 6.92 Å². The van der Waals surface area contributed by atoms with Crippen LogP contribution in [-0.2, 0) is 9.53 Å². The van der Waals surface area contributed by atoms with Gasteiger partial charge in [0, 0.05) is 0 Å². The van der Waals surface area contributed by atoms with Gasteiger partial charge < -0.3 is 14.9 Å². The van der Waals surface area contributed by atoms with Crippen LogP contribution in [0.25, 0.3) is 0 Å². The third-order valence-electron chi connectivity index (χ3n) is 1.59. The molecule has 1 aromatic carbocycles. The van der Waals surface area contributed by atoms with Gasteiger partial charge >= 0.3 is 5.97 Å². The van der Waals surface area contributed by atoms with E-state index in [2.05, 4.69) is 0 Å². The van der Waals surface area contributed by atoms with Crippen LogP contribution in [0.15, 0.2) is 23.1 Å². The van der Waals surface area contributed by atoms with E-state index < -0.39 is 0 Å². The number of phenolic OH excluding ortho intramolecular Hbond substituents is 2. The minimum absolute atomic E-state index is 0.0436. The van der Waals surface area contributed by atoms with Gasteiger partial charge in [0.2, 0.25) is 0 Å². The molecule has 2 N–H and O–H groups in total. The van der Waals surface area contributed by atoms with Crippen molar-refractivity contribution in [1.82, 2.24) is 0 Å². The highest BCUT2D eigenvalue weighted by atomic mass is 32.2. The van der Waals surface area contributed by atoms with Crippen LogP contribution >= 0.6 is 11.8 Å². The summed E-state index contributed by atoms with van der Waals surface area (Å²) in [5.74, 6) is -0.128. The fourth-order valence-electron chi connectivity index (χ4n) is 0.958. The number of carbonyl (C=O) groups excluding carboxylic acids is 1. The quantitative estimate of drug-likeness (QED) is 0.467. The third kappa shape index (κ3) is 3.71. The Balaban J connectivity index is 2.57. The van der Waals surface area contributed by atoms with Gasteiger partial charge in [-0.1, -0.05) is 0 Å². The molecule has 0 saturated carbocycles. The summed E-state index contributed by atoms with van der Waals surface area (Å²) in [6.07, 6.45) is 0. The Morgan fingerprint density at radius 1 is 1.47 bits per heavy atom. The summed E-state index contributed by atoms with van der Waals surface area (Å²) in [6, 6.07) is 4.16. The van der Waals surface area contributed by atoms with Gasteiger partial charge in [-0.15, -0.1) is 11.8 Å². The average molecular weight is 228 g/mol. The first-order valence-corrected chi connectivity index (χ1v) is 5.42. The normalized spacial score (nSPS) is 9.93. The predicted octanol–water partition coefficient (Wildman–Crippen LogP) is 1.75. The van der Waals surface area contributed by atoms with Crippen molar-refractivity contribution < 1.29 is 19.7 Å². The average Bonchev–Trinajstić information content (AvgIpc) is 2.20. The molecule has 0 spiro atoms. The molecule has 0 saturated heterocycles. The summed E-state index contributed by atoms with van der Waals surface area (Å²) in [5, 5.41) is 18.6. The van der Waals surface area contributed by atoms with Gasteiger partial charge in [-0.3, -0.25) is 4.79 Å². The number of rotatable bonds is 4. The Kier molecular flexibility index (Phi) is 4.30. The van der Waals surface area contributed by atoms with E-state index in [1.165, 1.54) is 18.2 Å². The molecule has 0 atom stereocenters. The lowest BCUT2D eigenvalue weighted by Gasteiger charge is -2.04. The summed E-state index contributed by atoms with van der Waals surface area (Å²) in [4.78, 5) is 11.5. The number of benzene rings is 1. The second-order valence-electron chi connectivity index (χ2n) is 2.75. The van der Waals surface area contributed by atoms with Crippen molar-refractivity contribution in [2.24, 2.45) is 0 Å². The molecule has 0 fully saturated rings. The molecule has 0 aliphatic rings. The van der Waals surface area contributed by atoms with E-state index in [1.807, 2.05) is 0 Å². The van der Waals surface area contributed by atoms with Crippen LogP contribution < -0.4 is 0 Å². The van der Waals surface area contributed by atoms with Crippen molar-refractivity contribution in [1.29, 1.82) is 0 Å². The van der Waals surface area contributed by atoms with E-state index in [-0.39, 0.29) is 23.2 Å². The Morgan fingerprint density at radius 2 is 2.20 bits per heavy atom. The van der Waals surface area contributed by atoms with Gasteiger partial charge in [0.1, 0.15) is 11.5 Å². The number of phenols is 2. The molecule has 4 nitrogen and oxygen atoms in total. The molecule has 0 aliphatic heterocycles. The highest BCUT2D eigenvalue weighted by Gasteiger charge is 2.07. The number of thioether (sulfide) groups is 1. The van der Waals surface area contributed by atoms with Crippen LogP contribution in [0.3, 0.4) is 0 Å². The lowest BCUT2D eigenvalue weighted by Crippen LogP contribution is -2.06. The Labute approximate surface area is 91.9 Å². The second kappa shape index (κ2) is 5.50. The first-order valence-electron chi connectivity index (χ1n) is 4.44. The van der Waals surface area contributed by atoms with Gasteiger partial charge in [-0.25, -0.2) is 0 Å². The largest absolute Gasteiger partial charge is 0.508 e. The van der Waals surface area contributed by atoms with Gasteiger partial charge in [0.05, 0.1) is 17.3 Å². The van der Waals surface area contributed by atoms with E-state index in [4.69, 9.17) is 9.84 Å². The molecule has 82 valence electrons. The smallest absolute Gasteiger partial charge is 0.316 e. The highest BCUT2D eigenvalue weighted by molar-refractivity contribution is 8.00. The van der Waals surface area contributed by atoms with Gasteiger partial charge in [-0.05, 0) is 25.1 Å². The molecule has 5 heteroatoms. The minimum atomic E-state index is -0.342. The van der Waals surface area contributed by atoms with E-state index in [0.717, 1.165) is 11.8 Å². The lowest BCUT2D eigenvalue weighted by atomic mass is 10.3. The third-order valence-corrected chi connectivity index (χ3v) is 2.61.